The van der Waals surface area contributed by atoms with E-state index in [1.807, 2.05) is 0 Å². The van der Waals surface area contributed by atoms with Gasteiger partial charge in [-0.3, -0.25) is 4.79 Å². The highest BCUT2D eigenvalue weighted by Crippen LogP contribution is 2.25. The molecule has 2 N–H and O–H groups in total. The molecule has 0 atom stereocenters. The Morgan fingerprint density at radius 2 is 2.03 bits per heavy atom. The van der Waals surface area contributed by atoms with Crippen molar-refractivity contribution in [3.63, 3.8) is 0 Å². The number of Topliss-reactive ketones (excluding diaryl/α,β-unsaturated/α-hetero) is 1. The van der Waals surface area contributed by atoms with Crippen LogP contribution in [0.3, 0.4) is 0 Å². The molecule has 158 valence electrons. The maximum absolute atomic E-state index is 12.5. The first-order valence-corrected chi connectivity index (χ1v) is 10.3. The van der Waals surface area contributed by atoms with Gasteiger partial charge in [-0.05, 0) is 30.5 Å². The van der Waals surface area contributed by atoms with Crippen molar-refractivity contribution in [1.82, 2.24) is 14.5 Å². The fraction of sp³-hybridized carbons (Fsp3) is 0.333. The summed E-state index contributed by atoms with van der Waals surface area (Å²) in [6.45, 7) is 1.22. The van der Waals surface area contributed by atoms with Gasteiger partial charge in [0.1, 0.15) is 16.5 Å². The molecule has 0 bridgehead atoms. The predicted octanol–water partition coefficient (Wildman–Crippen LogP) is 3.19. The number of aromatic nitrogens is 3. The highest BCUT2D eigenvalue weighted by molar-refractivity contribution is 7.15. The standard InChI is InChI=1S/C21H23N3O5S/c1-29-8-2-7-24-12-14(18(13-24)21(27)28)9-15(25)3-5-17-11-23-20(30-17)19-6-4-16(26)10-22-19/h4,6,10-13,26H,2-3,5,7-9H2,1H3,(H,27,28). The van der Waals surface area contributed by atoms with E-state index in [1.165, 1.54) is 17.5 Å². The number of aryl methyl sites for hydroxylation is 2. The molecule has 30 heavy (non-hydrogen) atoms. The number of hydrogen-bond donors (Lipinski definition) is 2. The van der Waals surface area contributed by atoms with Gasteiger partial charge in [0, 0.05) is 56.6 Å². The zero-order valence-corrected chi connectivity index (χ0v) is 17.4. The lowest BCUT2D eigenvalue weighted by Crippen LogP contribution is -2.07. The molecule has 9 heteroatoms. The molecule has 3 aromatic rings. The van der Waals surface area contributed by atoms with E-state index in [9.17, 15) is 19.8 Å². The molecule has 0 saturated heterocycles. The largest absolute Gasteiger partial charge is 0.506 e. The van der Waals surface area contributed by atoms with Crippen LogP contribution in [0.25, 0.3) is 10.7 Å². The Kier molecular flexibility index (Phi) is 7.31. The van der Waals surface area contributed by atoms with E-state index in [-0.39, 0.29) is 23.5 Å². The van der Waals surface area contributed by atoms with Crippen molar-refractivity contribution >= 4 is 23.1 Å². The van der Waals surface area contributed by atoms with Crippen molar-refractivity contribution in [3.05, 3.63) is 52.9 Å². The van der Waals surface area contributed by atoms with E-state index in [2.05, 4.69) is 9.97 Å². The summed E-state index contributed by atoms with van der Waals surface area (Å²) in [7, 11) is 1.62. The van der Waals surface area contributed by atoms with Gasteiger partial charge in [0.2, 0.25) is 0 Å². The number of thiazole rings is 1. The third kappa shape index (κ3) is 5.74. The SMILES string of the molecule is COCCCn1cc(CC(=O)CCc2cnc(-c3ccc(O)cn3)s2)c(C(=O)O)c1. The van der Waals surface area contributed by atoms with Crippen molar-refractivity contribution in [3.8, 4) is 16.5 Å². The second-order valence-electron chi connectivity index (χ2n) is 6.84. The molecule has 0 aromatic carbocycles. The molecule has 8 nitrogen and oxygen atoms in total. The number of pyridine rings is 1. The molecule has 0 saturated carbocycles. The highest BCUT2D eigenvalue weighted by Gasteiger charge is 2.17. The molecule has 0 radical (unpaired) electrons. The van der Waals surface area contributed by atoms with Gasteiger partial charge in [-0.15, -0.1) is 11.3 Å². The monoisotopic (exact) mass is 429 g/mol. The smallest absolute Gasteiger partial charge is 0.337 e. The van der Waals surface area contributed by atoms with Crippen LogP contribution in [-0.2, 0) is 28.9 Å². The molecule has 0 unspecified atom stereocenters. The number of nitrogens with zero attached hydrogens (tertiary/aromatic N) is 3. The molecule has 0 aliphatic carbocycles. The number of aromatic carboxylic acids is 1. The highest BCUT2D eigenvalue weighted by atomic mass is 32.1. The molecular formula is C21H23N3O5S. The summed E-state index contributed by atoms with van der Waals surface area (Å²) in [4.78, 5) is 33.4. The third-order valence-corrected chi connectivity index (χ3v) is 5.60. The first-order chi connectivity index (χ1) is 14.5. The topological polar surface area (TPSA) is 115 Å². The van der Waals surface area contributed by atoms with Gasteiger partial charge >= 0.3 is 5.97 Å². The maximum atomic E-state index is 12.5. The molecule has 0 aliphatic rings. The number of ketones is 1. The molecule has 3 aromatic heterocycles. The summed E-state index contributed by atoms with van der Waals surface area (Å²) in [5.41, 5.74) is 1.36. The van der Waals surface area contributed by atoms with Gasteiger partial charge in [0.25, 0.3) is 0 Å². The van der Waals surface area contributed by atoms with Crippen molar-refractivity contribution in [2.75, 3.05) is 13.7 Å². The van der Waals surface area contributed by atoms with Gasteiger partial charge in [-0.2, -0.15) is 0 Å². The Balaban J connectivity index is 1.58. The van der Waals surface area contributed by atoms with Crippen LogP contribution in [-0.4, -0.2) is 50.2 Å². The fourth-order valence-corrected chi connectivity index (χ4v) is 3.92. The molecule has 3 rings (SSSR count). The van der Waals surface area contributed by atoms with Crippen LogP contribution < -0.4 is 0 Å². The molecule has 3 heterocycles. The number of carboxylic acids is 1. The van der Waals surface area contributed by atoms with E-state index in [0.717, 1.165) is 16.3 Å². The van der Waals surface area contributed by atoms with Crippen LogP contribution in [0, 0.1) is 0 Å². The van der Waals surface area contributed by atoms with Crippen LogP contribution in [0.1, 0.15) is 33.6 Å². The summed E-state index contributed by atoms with van der Waals surface area (Å²) >= 11 is 1.45. The summed E-state index contributed by atoms with van der Waals surface area (Å²) in [5, 5.41) is 19.5. The number of carbonyl (C=O) groups is 2. The Hall–Kier alpha value is -3.04. The number of carbonyl (C=O) groups excluding carboxylic acids is 1. The van der Waals surface area contributed by atoms with Crippen LogP contribution in [0.5, 0.6) is 5.75 Å². The first-order valence-electron chi connectivity index (χ1n) is 9.49. The zero-order chi connectivity index (χ0) is 21.5. The molecular weight excluding hydrogens is 406 g/mol. The van der Waals surface area contributed by atoms with E-state index in [0.29, 0.717) is 37.3 Å². The van der Waals surface area contributed by atoms with Crippen LogP contribution in [0.2, 0.25) is 0 Å². The quantitative estimate of drug-likeness (QED) is 0.450. The number of carboxylic acid groups (broad SMARTS) is 1. The Labute approximate surface area is 177 Å². The van der Waals surface area contributed by atoms with Gasteiger partial charge < -0.3 is 19.5 Å². The van der Waals surface area contributed by atoms with Crippen molar-refractivity contribution in [1.29, 1.82) is 0 Å². The summed E-state index contributed by atoms with van der Waals surface area (Å²) in [6, 6.07) is 3.24. The number of methoxy groups -OCH3 is 1. The van der Waals surface area contributed by atoms with E-state index in [4.69, 9.17) is 4.74 Å². The number of rotatable bonds is 11. The Bertz CT molecular complexity index is 1010. The van der Waals surface area contributed by atoms with E-state index >= 15 is 0 Å². The molecule has 0 aliphatic heterocycles. The Morgan fingerprint density at radius 3 is 2.73 bits per heavy atom. The lowest BCUT2D eigenvalue weighted by molar-refractivity contribution is -0.118. The minimum atomic E-state index is -1.03. The fourth-order valence-electron chi connectivity index (χ4n) is 3.03. The van der Waals surface area contributed by atoms with Crippen molar-refractivity contribution < 1.29 is 24.5 Å². The number of hydrogen-bond acceptors (Lipinski definition) is 7. The average molecular weight is 429 g/mol. The van der Waals surface area contributed by atoms with Crippen LogP contribution in [0.15, 0.2) is 36.9 Å². The molecule has 0 fully saturated rings. The normalized spacial score (nSPS) is 11.0. The third-order valence-electron chi connectivity index (χ3n) is 4.52. The number of aromatic hydroxyl groups is 1. The van der Waals surface area contributed by atoms with Crippen LogP contribution in [0.4, 0.5) is 0 Å². The van der Waals surface area contributed by atoms with Crippen molar-refractivity contribution in [2.24, 2.45) is 0 Å². The Morgan fingerprint density at radius 1 is 1.20 bits per heavy atom. The van der Waals surface area contributed by atoms with E-state index in [1.54, 1.807) is 42.4 Å². The predicted molar refractivity (Wildman–Crippen MR) is 112 cm³/mol. The van der Waals surface area contributed by atoms with E-state index < -0.39 is 5.97 Å². The second-order valence-corrected chi connectivity index (χ2v) is 7.95. The molecule has 0 spiro atoms. The summed E-state index contributed by atoms with van der Waals surface area (Å²) in [6.07, 6.45) is 8.08. The lowest BCUT2D eigenvalue weighted by atomic mass is 10.0. The van der Waals surface area contributed by atoms with Gasteiger partial charge in [0.15, 0.2) is 0 Å². The minimum absolute atomic E-state index is 0.0233. The first kappa shape index (κ1) is 21.7. The molecule has 0 amide bonds. The lowest BCUT2D eigenvalue weighted by Gasteiger charge is -2.01. The van der Waals surface area contributed by atoms with Crippen molar-refractivity contribution in [2.45, 2.75) is 32.2 Å². The van der Waals surface area contributed by atoms with Crippen LogP contribution >= 0.6 is 11.3 Å². The number of ether oxygens (including phenoxy) is 1. The zero-order valence-electron chi connectivity index (χ0n) is 16.6. The van der Waals surface area contributed by atoms with Gasteiger partial charge in [-0.25, -0.2) is 14.8 Å². The van der Waals surface area contributed by atoms with Gasteiger partial charge in [-0.1, -0.05) is 0 Å². The summed E-state index contributed by atoms with van der Waals surface area (Å²) in [5.74, 6) is -0.962. The second kappa shape index (κ2) is 10.1. The maximum Gasteiger partial charge on any atom is 0.337 e. The minimum Gasteiger partial charge on any atom is -0.506 e. The average Bonchev–Trinajstić information content (AvgIpc) is 3.34. The summed E-state index contributed by atoms with van der Waals surface area (Å²) < 4.78 is 6.82. The van der Waals surface area contributed by atoms with Gasteiger partial charge in [0.05, 0.1) is 17.5 Å².